The number of aromatic nitrogens is 2. The summed E-state index contributed by atoms with van der Waals surface area (Å²) in [6.07, 6.45) is 1.03. The van der Waals surface area contributed by atoms with Gasteiger partial charge in [-0.1, -0.05) is 13.8 Å². The van der Waals surface area contributed by atoms with E-state index in [4.69, 9.17) is 9.47 Å². The number of aliphatic hydroxyl groups is 1. The highest BCUT2D eigenvalue weighted by Gasteiger charge is 2.46. The zero-order chi connectivity index (χ0) is 16.3. The first-order valence-electron chi connectivity index (χ1n) is 7.79. The zero-order valence-electron chi connectivity index (χ0n) is 13.6. The van der Waals surface area contributed by atoms with Gasteiger partial charge in [-0.2, -0.15) is 4.98 Å². The van der Waals surface area contributed by atoms with Gasteiger partial charge in [-0.25, -0.2) is 0 Å². The molecule has 0 aromatic carbocycles. The number of hydrogen-bond acceptors (Lipinski definition) is 6. The van der Waals surface area contributed by atoms with Gasteiger partial charge in [0, 0.05) is 12.3 Å². The van der Waals surface area contributed by atoms with Crippen molar-refractivity contribution in [1.82, 2.24) is 14.5 Å². The molecule has 0 aliphatic carbocycles. The summed E-state index contributed by atoms with van der Waals surface area (Å²) in [5.41, 5.74) is -0.356. The number of likely N-dealkylation sites (N-methyl/N-ethyl adjacent to an activating group) is 1. The van der Waals surface area contributed by atoms with E-state index < -0.39 is 12.3 Å². The van der Waals surface area contributed by atoms with Gasteiger partial charge in [-0.05, 0) is 26.9 Å². The van der Waals surface area contributed by atoms with Crippen LogP contribution in [-0.2, 0) is 4.74 Å². The van der Waals surface area contributed by atoms with Crippen LogP contribution in [-0.4, -0.2) is 58.0 Å². The number of rotatable bonds is 6. The summed E-state index contributed by atoms with van der Waals surface area (Å²) >= 11 is 0. The van der Waals surface area contributed by atoms with E-state index in [0.717, 1.165) is 6.54 Å². The summed E-state index contributed by atoms with van der Waals surface area (Å²) in [5.74, 6) is 0. The quantitative estimate of drug-likeness (QED) is 0.830. The smallest absolute Gasteiger partial charge is 0.301 e. The molecule has 1 unspecified atom stereocenters. The Balaban J connectivity index is 2.42. The molecule has 1 aromatic rings. The van der Waals surface area contributed by atoms with Crippen LogP contribution in [0.5, 0.6) is 6.01 Å². The van der Waals surface area contributed by atoms with Gasteiger partial charge in [0.2, 0.25) is 0 Å². The lowest BCUT2D eigenvalue weighted by Crippen LogP contribution is -2.44. The van der Waals surface area contributed by atoms with E-state index in [1.54, 1.807) is 10.8 Å². The number of hydrogen-bond donors (Lipinski definition) is 1. The molecule has 22 heavy (non-hydrogen) atoms. The maximum Gasteiger partial charge on any atom is 0.301 e. The summed E-state index contributed by atoms with van der Waals surface area (Å²) in [6, 6.07) is 1.37. The molecular weight excluding hydrogens is 286 g/mol. The Bertz CT molecular complexity index is 548. The Hall–Kier alpha value is -1.44. The first-order chi connectivity index (χ1) is 10.5. The van der Waals surface area contributed by atoms with Crippen molar-refractivity contribution in [3.05, 3.63) is 22.6 Å². The second kappa shape index (κ2) is 7.21. The fourth-order valence-corrected chi connectivity index (χ4v) is 2.81. The number of ether oxygens (including phenoxy) is 2. The monoisotopic (exact) mass is 311 g/mol. The fourth-order valence-electron chi connectivity index (χ4n) is 2.81. The lowest BCUT2D eigenvalue weighted by Gasteiger charge is -2.30. The molecule has 0 bridgehead atoms. The van der Waals surface area contributed by atoms with Crippen LogP contribution in [0.3, 0.4) is 0 Å². The van der Waals surface area contributed by atoms with Gasteiger partial charge in [-0.3, -0.25) is 14.3 Å². The molecule has 1 aliphatic heterocycles. The average molecular weight is 311 g/mol. The Morgan fingerprint density at radius 2 is 2.18 bits per heavy atom. The summed E-state index contributed by atoms with van der Waals surface area (Å²) in [5, 5.41) is 10.6. The van der Waals surface area contributed by atoms with Crippen LogP contribution in [0.2, 0.25) is 0 Å². The van der Waals surface area contributed by atoms with Gasteiger partial charge >= 0.3 is 6.01 Å². The van der Waals surface area contributed by atoms with Crippen molar-refractivity contribution in [2.45, 2.75) is 51.7 Å². The molecule has 1 aromatic heterocycles. The highest BCUT2D eigenvalue weighted by Crippen LogP contribution is 2.35. The maximum absolute atomic E-state index is 11.5. The zero-order valence-corrected chi connectivity index (χ0v) is 13.6. The van der Waals surface area contributed by atoms with Crippen molar-refractivity contribution in [3.8, 4) is 6.01 Å². The van der Waals surface area contributed by atoms with Crippen molar-refractivity contribution in [2.75, 3.05) is 20.2 Å². The predicted octanol–water partition coefficient (Wildman–Crippen LogP) is 0.631. The second-order valence-electron chi connectivity index (χ2n) is 5.42. The lowest BCUT2D eigenvalue weighted by molar-refractivity contribution is -0.0313. The van der Waals surface area contributed by atoms with Crippen LogP contribution < -0.4 is 10.3 Å². The Morgan fingerprint density at radius 1 is 1.45 bits per heavy atom. The standard InChI is InChI=1S/C15H25N3O4/c1-5-10-13(20)12(17(4)6-2)14(22-10)18-9-8-11(19)16-15(18)21-7-3/h8-10,12-14,20H,5-7H2,1-4H3/t10-,12?,13+,14-/m1/s1. The van der Waals surface area contributed by atoms with Crippen molar-refractivity contribution < 1.29 is 14.6 Å². The van der Waals surface area contributed by atoms with E-state index in [-0.39, 0.29) is 23.7 Å². The van der Waals surface area contributed by atoms with Crippen LogP contribution in [0.1, 0.15) is 33.4 Å². The molecule has 7 nitrogen and oxygen atoms in total. The molecule has 0 radical (unpaired) electrons. The SMILES string of the molecule is CCOc1nc(=O)ccn1[C@@H]1O[C@H](CC)[C@H](O)C1N(C)CC. The normalized spacial score (nSPS) is 28.3. The van der Waals surface area contributed by atoms with Gasteiger partial charge in [0.05, 0.1) is 18.8 Å². The van der Waals surface area contributed by atoms with Gasteiger partial charge in [0.25, 0.3) is 5.56 Å². The van der Waals surface area contributed by atoms with Gasteiger partial charge in [0.1, 0.15) is 6.10 Å². The number of aliphatic hydroxyl groups excluding tert-OH is 1. The highest BCUT2D eigenvalue weighted by atomic mass is 16.5. The summed E-state index contributed by atoms with van der Waals surface area (Å²) in [7, 11) is 1.94. The van der Waals surface area contributed by atoms with E-state index in [0.29, 0.717) is 13.0 Å². The molecule has 1 saturated heterocycles. The highest BCUT2D eigenvalue weighted by molar-refractivity contribution is 5.05. The van der Waals surface area contributed by atoms with Crippen LogP contribution in [0, 0.1) is 0 Å². The molecule has 0 spiro atoms. The Kier molecular flexibility index (Phi) is 5.55. The summed E-state index contributed by atoms with van der Waals surface area (Å²) in [6.45, 7) is 7.01. The van der Waals surface area contributed by atoms with Crippen molar-refractivity contribution in [2.24, 2.45) is 0 Å². The van der Waals surface area contributed by atoms with Gasteiger partial charge in [-0.15, -0.1) is 0 Å². The van der Waals surface area contributed by atoms with E-state index >= 15 is 0 Å². The first kappa shape index (κ1) is 16.9. The third-order valence-corrected chi connectivity index (χ3v) is 4.10. The summed E-state index contributed by atoms with van der Waals surface area (Å²) in [4.78, 5) is 17.4. The topological polar surface area (TPSA) is 76.8 Å². The molecule has 1 fully saturated rings. The van der Waals surface area contributed by atoms with E-state index in [1.807, 2.05) is 32.7 Å². The Morgan fingerprint density at radius 3 is 2.77 bits per heavy atom. The molecule has 2 heterocycles. The van der Waals surface area contributed by atoms with Crippen molar-refractivity contribution in [3.63, 3.8) is 0 Å². The van der Waals surface area contributed by atoms with Crippen molar-refractivity contribution in [1.29, 1.82) is 0 Å². The first-order valence-corrected chi connectivity index (χ1v) is 7.79. The van der Waals surface area contributed by atoms with E-state index in [1.165, 1.54) is 6.07 Å². The average Bonchev–Trinajstić information content (AvgIpc) is 2.83. The minimum absolute atomic E-state index is 0.221. The van der Waals surface area contributed by atoms with E-state index in [2.05, 4.69) is 4.98 Å². The van der Waals surface area contributed by atoms with Crippen LogP contribution in [0.25, 0.3) is 0 Å². The lowest BCUT2D eigenvalue weighted by atomic mass is 10.0. The van der Waals surface area contributed by atoms with Crippen LogP contribution in [0.4, 0.5) is 0 Å². The van der Waals surface area contributed by atoms with Crippen LogP contribution in [0.15, 0.2) is 17.1 Å². The molecule has 7 heteroatoms. The summed E-state index contributed by atoms with van der Waals surface area (Å²) < 4.78 is 13.2. The third kappa shape index (κ3) is 3.16. The Labute approximate surface area is 130 Å². The van der Waals surface area contributed by atoms with Gasteiger partial charge in [0.15, 0.2) is 6.23 Å². The van der Waals surface area contributed by atoms with Crippen molar-refractivity contribution >= 4 is 0 Å². The van der Waals surface area contributed by atoms with Crippen LogP contribution >= 0.6 is 0 Å². The van der Waals surface area contributed by atoms with Gasteiger partial charge < -0.3 is 14.6 Å². The molecule has 2 rings (SSSR count). The molecule has 4 atom stereocenters. The molecule has 124 valence electrons. The molecule has 1 N–H and O–H groups in total. The minimum Gasteiger partial charge on any atom is -0.465 e. The second-order valence-corrected chi connectivity index (χ2v) is 5.42. The third-order valence-electron chi connectivity index (χ3n) is 4.10. The maximum atomic E-state index is 11.5. The largest absolute Gasteiger partial charge is 0.465 e. The predicted molar refractivity (Wildman–Crippen MR) is 82.0 cm³/mol. The number of nitrogens with zero attached hydrogens (tertiary/aromatic N) is 3. The molecule has 0 saturated carbocycles. The fraction of sp³-hybridized carbons (Fsp3) is 0.733. The molecule has 0 amide bonds. The minimum atomic E-state index is -0.603. The molecular formula is C15H25N3O4. The molecule has 1 aliphatic rings. The van der Waals surface area contributed by atoms with E-state index in [9.17, 15) is 9.90 Å².